The number of allylic oxidation sites excluding steroid dienone is 2. The van der Waals surface area contributed by atoms with Gasteiger partial charge in [0.15, 0.2) is 6.33 Å². The molecule has 0 atom stereocenters. The zero-order valence-corrected chi connectivity index (χ0v) is 29.0. The lowest BCUT2D eigenvalue weighted by Crippen LogP contribution is -2.32. The molecule has 0 aliphatic carbocycles. The predicted molar refractivity (Wildman–Crippen MR) is 176 cm³/mol. The number of ether oxygens (including phenoxy) is 2. The van der Waals surface area contributed by atoms with Crippen LogP contribution in [0.5, 0.6) is 0 Å². The normalized spacial score (nSPS) is 12.8. The lowest BCUT2D eigenvalue weighted by atomic mass is 9.98. The summed E-state index contributed by atoms with van der Waals surface area (Å²) in [6.45, 7) is 9.41. The number of benzene rings is 1. The van der Waals surface area contributed by atoms with Crippen LogP contribution in [0.4, 0.5) is 5.95 Å². The zero-order valence-electron chi connectivity index (χ0n) is 26.5. The van der Waals surface area contributed by atoms with Crippen molar-refractivity contribution >= 4 is 69.7 Å². The van der Waals surface area contributed by atoms with Gasteiger partial charge >= 0.3 is 25.2 Å². The summed E-state index contributed by atoms with van der Waals surface area (Å²) in [5.74, 6) is -1.14. The Kier molecular flexibility index (Phi) is 10.8. The first-order valence-electron chi connectivity index (χ1n) is 14.3. The summed E-state index contributed by atoms with van der Waals surface area (Å²) < 4.78 is 39.0. The Morgan fingerprint density at radius 1 is 1.07 bits per heavy atom. The molecular weight excluding hydrogens is 657 g/mol. The highest BCUT2D eigenvalue weighted by Crippen LogP contribution is 2.48. The number of nitrogen functional groups attached to an aromatic ring is 1. The van der Waals surface area contributed by atoms with Crippen molar-refractivity contribution in [1.82, 2.24) is 14.5 Å². The van der Waals surface area contributed by atoms with Crippen LogP contribution in [-0.2, 0) is 45.8 Å². The molecule has 0 unspecified atom stereocenters. The molecule has 0 aliphatic heterocycles. The van der Waals surface area contributed by atoms with Crippen molar-refractivity contribution in [2.45, 2.75) is 54.6 Å². The predicted octanol–water partition coefficient (Wildman–Crippen LogP) is 5.39. The van der Waals surface area contributed by atoms with Crippen LogP contribution in [0.15, 0.2) is 47.5 Å². The van der Waals surface area contributed by atoms with Crippen LogP contribution >= 0.6 is 30.5 Å². The van der Waals surface area contributed by atoms with Crippen molar-refractivity contribution in [2.75, 3.05) is 25.5 Å². The standard InChI is InChI=1S/C30H37ClN5O8PS/c1-29(2,3)26(38)41-17-43-45(40,44-18-42-27(39)30(4,5)6)12-8-7-11-35-16-36(23-24(35)33-28(32)34-25(23)37)15-21-14-19-13-20(31)9-10-22(19)46-21/h7-10,13-14,16H,11-12,15,17-18H2,1-6H3,(H2-,32,33,34,37)/p+1/b8-7-. The number of hydrogen-bond donors (Lipinski definition) is 2. The maximum atomic E-state index is 13.5. The Balaban J connectivity index is 1.51. The van der Waals surface area contributed by atoms with Crippen molar-refractivity contribution in [3.63, 3.8) is 0 Å². The average molecular weight is 695 g/mol. The van der Waals surface area contributed by atoms with Crippen molar-refractivity contribution in [1.29, 1.82) is 0 Å². The number of carbonyl (C=O) groups excluding carboxylic acids is 2. The minimum Gasteiger partial charge on any atom is -0.438 e. The van der Waals surface area contributed by atoms with Gasteiger partial charge in [0.25, 0.3) is 11.5 Å². The molecule has 3 heterocycles. The Hall–Kier alpha value is -3.55. The number of nitrogens with zero attached hydrogens (tertiary/aromatic N) is 3. The second kappa shape index (κ2) is 14.1. The third-order valence-corrected chi connectivity index (χ3v) is 9.48. The molecule has 0 radical (unpaired) electrons. The summed E-state index contributed by atoms with van der Waals surface area (Å²) in [7, 11) is -3.93. The Labute approximate surface area is 274 Å². The summed E-state index contributed by atoms with van der Waals surface area (Å²) in [5.41, 5.74) is 4.56. The molecule has 13 nitrogen and oxygen atoms in total. The van der Waals surface area contributed by atoms with Crippen molar-refractivity contribution in [3.05, 3.63) is 63.0 Å². The molecular formula is C30H38ClN5O8PS+. The van der Waals surface area contributed by atoms with Crippen LogP contribution in [0.3, 0.4) is 0 Å². The van der Waals surface area contributed by atoms with E-state index in [0.29, 0.717) is 22.7 Å². The van der Waals surface area contributed by atoms with Gasteiger partial charge < -0.3 is 15.2 Å². The van der Waals surface area contributed by atoms with E-state index in [0.717, 1.165) is 15.0 Å². The molecule has 4 rings (SSSR count). The van der Waals surface area contributed by atoms with Crippen LogP contribution in [-0.4, -0.2) is 46.2 Å². The molecule has 0 aliphatic rings. The molecule has 0 spiro atoms. The first-order chi connectivity index (χ1) is 21.4. The molecule has 0 saturated heterocycles. The number of imidazole rings is 1. The van der Waals surface area contributed by atoms with Gasteiger partial charge in [0, 0.05) is 14.6 Å². The summed E-state index contributed by atoms with van der Waals surface area (Å²) in [5, 5.41) is 1.65. The first kappa shape index (κ1) is 35.3. The quantitative estimate of drug-likeness (QED) is 0.0645. The molecule has 3 aromatic heterocycles. The third-order valence-electron chi connectivity index (χ3n) is 6.49. The molecule has 4 aromatic rings. The van der Waals surface area contributed by atoms with E-state index in [-0.39, 0.29) is 18.7 Å². The van der Waals surface area contributed by atoms with Crippen molar-refractivity contribution in [2.24, 2.45) is 10.8 Å². The number of H-pyrrole nitrogens is 1. The van der Waals surface area contributed by atoms with E-state index in [2.05, 4.69) is 9.97 Å². The van der Waals surface area contributed by atoms with Gasteiger partial charge in [0.1, 0.15) is 6.54 Å². The van der Waals surface area contributed by atoms with E-state index in [9.17, 15) is 18.9 Å². The number of aromatic amines is 1. The van der Waals surface area contributed by atoms with Crippen LogP contribution < -0.4 is 15.9 Å². The number of fused-ring (bicyclic) bond motifs is 2. The second-order valence-electron chi connectivity index (χ2n) is 12.5. The number of nitrogens with two attached hydrogens (primary N) is 1. The Morgan fingerprint density at radius 2 is 1.70 bits per heavy atom. The highest BCUT2D eigenvalue weighted by molar-refractivity contribution is 7.54. The van der Waals surface area contributed by atoms with E-state index in [1.54, 1.807) is 80.5 Å². The molecule has 46 heavy (non-hydrogen) atoms. The minimum atomic E-state index is -3.93. The topological polar surface area (TPSA) is 169 Å². The van der Waals surface area contributed by atoms with Crippen molar-refractivity contribution < 1.29 is 37.2 Å². The number of nitrogens with one attached hydrogen (secondary N) is 1. The van der Waals surface area contributed by atoms with Gasteiger partial charge in [-0.3, -0.25) is 37.5 Å². The average Bonchev–Trinajstić information content (AvgIpc) is 3.50. The summed E-state index contributed by atoms with van der Waals surface area (Å²) >= 11 is 7.74. The first-order valence-corrected chi connectivity index (χ1v) is 17.2. The third kappa shape index (κ3) is 9.04. The highest BCUT2D eigenvalue weighted by Gasteiger charge is 2.29. The van der Waals surface area contributed by atoms with E-state index < -0.39 is 49.5 Å². The number of hydrogen-bond acceptors (Lipinski definition) is 11. The number of aromatic nitrogens is 4. The molecule has 1 aromatic carbocycles. The minimum absolute atomic E-state index is 0.0367. The zero-order chi connectivity index (χ0) is 33.9. The SMILES string of the molecule is CC(C)(C)C(=O)OCOP(=O)(C/C=C\C[n+]1cn(Cc2cc3cc(Cl)ccc3s2)c2c(=O)[nH]c(N)nc21)OCOC(=O)C(C)(C)C. The number of anilines is 1. The number of esters is 2. The highest BCUT2D eigenvalue weighted by atomic mass is 35.5. The number of halogens is 1. The van der Waals surface area contributed by atoms with E-state index >= 15 is 0 Å². The van der Waals surface area contributed by atoms with E-state index in [4.69, 9.17) is 35.9 Å². The van der Waals surface area contributed by atoms with Gasteiger partial charge in [-0.25, -0.2) is 4.57 Å². The molecule has 16 heteroatoms. The monoisotopic (exact) mass is 694 g/mol. The van der Waals surface area contributed by atoms with Crippen LogP contribution in [0, 0.1) is 10.8 Å². The van der Waals surface area contributed by atoms with Gasteiger partial charge in [-0.1, -0.05) is 28.7 Å². The molecule has 0 saturated carbocycles. The molecule has 0 bridgehead atoms. The van der Waals surface area contributed by atoms with Gasteiger partial charge in [0.2, 0.25) is 19.1 Å². The fourth-order valence-electron chi connectivity index (χ4n) is 4.07. The number of thiophene rings is 1. The van der Waals surface area contributed by atoms with Crippen molar-refractivity contribution in [3.8, 4) is 0 Å². The van der Waals surface area contributed by atoms with Crippen LogP contribution in [0.2, 0.25) is 5.02 Å². The number of carbonyl (C=O) groups is 2. The lowest BCUT2D eigenvalue weighted by Gasteiger charge is -2.21. The van der Waals surface area contributed by atoms with Crippen LogP contribution in [0.25, 0.3) is 21.3 Å². The molecule has 3 N–H and O–H groups in total. The van der Waals surface area contributed by atoms with Gasteiger partial charge in [0.05, 0.1) is 23.5 Å². The molecule has 248 valence electrons. The van der Waals surface area contributed by atoms with Gasteiger partial charge in [-0.15, -0.1) is 11.3 Å². The number of rotatable bonds is 12. The summed E-state index contributed by atoms with van der Waals surface area (Å²) in [6, 6.07) is 7.70. The molecule has 0 fully saturated rings. The lowest BCUT2D eigenvalue weighted by molar-refractivity contribution is -0.663. The van der Waals surface area contributed by atoms with Crippen LogP contribution in [0.1, 0.15) is 46.4 Å². The Bertz CT molecular complexity index is 1850. The van der Waals surface area contributed by atoms with E-state index in [1.807, 2.05) is 24.3 Å². The fraction of sp³-hybridized carbons (Fsp3) is 0.433. The summed E-state index contributed by atoms with van der Waals surface area (Å²) in [4.78, 5) is 45.1. The summed E-state index contributed by atoms with van der Waals surface area (Å²) in [6.07, 6.45) is 4.76. The Morgan fingerprint density at radius 3 is 2.30 bits per heavy atom. The van der Waals surface area contributed by atoms with E-state index in [1.165, 1.54) is 0 Å². The van der Waals surface area contributed by atoms with Gasteiger partial charge in [-0.05, 0) is 71.2 Å². The maximum Gasteiger partial charge on any atom is 0.340 e. The fourth-order valence-corrected chi connectivity index (χ4v) is 6.41. The largest absolute Gasteiger partial charge is 0.438 e. The van der Waals surface area contributed by atoms with Gasteiger partial charge in [-0.2, -0.15) is 0 Å². The molecule has 0 amide bonds. The smallest absolute Gasteiger partial charge is 0.340 e. The maximum absolute atomic E-state index is 13.5. The second-order valence-corrected chi connectivity index (χ2v) is 16.2.